The third kappa shape index (κ3) is 2.61. The maximum Gasteiger partial charge on any atom is 0.356 e. The summed E-state index contributed by atoms with van der Waals surface area (Å²) in [6.45, 7) is 2.68. The molecule has 0 bridgehead atoms. The maximum absolute atomic E-state index is 11.4. The Labute approximate surface area is 154 Å². The maximum atomic E-state index is 11.4. The summed E-state index contributed by atoms with van der Waals surface area (Å²) in [5.74, 6) is -0.249. The number of hydrogen-bond donors (Lipinski definition) is 2. The molecule has 1 aliphatic rings. The molecule has 136 valence electrons. The number of aromatic nitrogens is 4. The summed E-state index contributed by atoms with van der Waals surface area (Å²) in [6, 6.07) is 11.5. The Morgan fingerprint density at radius 3 is 2.85 bits per heavy atom. The first-order valence-corrected chi connectivity index (χ1v) is 8.74. The Hall–Kier alpha value is -3.39. The standard InChI is InChI=1S/C19H17N5O3/c25-19(26)16-10-17-21-15(12-2-1-3-14-13(12)4-5-20-14)11-18(24(17)22-16)23-6-8-27-9-7-23/h1-5,10-11,20H,6-9H2,(H,25,26). The molecule has 0 spiro atoms. The van der Waals surface area contributed by atoms with Crippen molar-refractivity contribution in [3.8, 4) is 11.3 Å². The lowest BCUT2D eigenvalue weighted by Crippen LogP contribution is -2.37. The van der Waals surface area contributed by atoms with Crippen molar-refractivity contribution in [3.05, 3.63) is 48.3 Å². The minimum Gasteiger partial charge on any atom is -0.476 e. The summed E-state index contributed by atoms with van der Waals surface area (Å²) in [5, 5.41) is 14.7. The zero-order valence-electron chi connectivity index (χ0n) is 14.4. The molecular formula is C19H17N5O3. The number of fused-ring (bicyclic) bond motifs is 2. The smallest absolute Gasteiger partial charge is 0.356 e. The van der Waals surface area contributed by atoms with Gasteiger partial charge < -0.3 is 19.7 Å². The molecule has 4 aromatic rings. The number of carboxylic acid groups (broad SMARTS) is 1. The van der Waals surface area contributed by atoms with Crippen LogP contribution in [0, 0.1) is 0 Å². The van der Waals surface area contributed by atoms with Crippen LogP contribution >= 0.6 is 0 Å². The molecular weight excluding hydrogens is 346 g/mol. The molecule has 5 rings (SSSR count). The number of ether oxygens (including phenoxy) is 1. The van der Waals surface area contributed by atoms with Crippen LogP contribution in [-0.2, 0) is 4.74 Å². The van der Waals surface area contributed by atoms with Gasteiger partial charge in [-0.15, -0.1) is 0 Å². The van der Waals surface area contributed by atoms with E-state index in [2.05, 4.69) is 15.0 Å². The fraction of sp³-hybridized carbons (Fsp3) is 0.211. The summed E-state index contributed by atoms with van der Waals surface area (Å²) >= 11 is 0. The molecule has 0 saturated carbocycles. The van der Waals surface area contributed by atoms with Gasteiger partial charge in [0.1, 0.15) is 5.82 Å². The van der Waals surface area contributed by atoms with Gasteiger partial charge in [0.2, 0.25) is 0 Å². The van der Waals surface area contributed by atoms with Crippen molar-refractivity contribution in [2.75, 3.05) is 31.2 Å². The number of aromatic carboxylic acids is 1. The van der Waals surface area contributed by atoms with E-state index in [-0.39, 0.29) is 5.69 Å². The number of H-pyrrole nitrogens is 1. The predicted molar refractivity (Wildman–Crippen MR) is 100 cm³/mol. The van der Waals surface area contributed by atoms with Crippen LogP contribution in [0.25, 0.3) is 27.8 Å². The Bertz CT molecular complexity index is 1160. The van der Waals surface area contributed by atoms with E-state index in [0.717, 1.165) is 41.1 Å². The number of hydrogen-bond acceptors (Lipinski definition) is 5. The van der Waals surface area contributed by atoms with E-state index in [1.165, 1.54) is 6.07 Å². The Morgan fingerprint density at radius 1 is 1.19 bits per heavy atom. The van der Waals surface area contributed by atoms with Crippen molar-refractivity contribution in [2.45, 2.75) is 0 Å². The van der Waals surface area contributed by atoms with E-state index in [9.17, 15) is 9.90 Å². The summed E-state index contributed by atoms with van der Waals surface area (Å²) in [5.41, 5.74) is 3.30. The molecule has 1 saturated heterocycles. The van der Waals surface area contributed by atoms with Crippen LogP contribution in [0.3, 0.4) is 0 Å². The fourth-order valence-corrected chi connectivity index (χ4v) is 3.53. The normalized spacial score (nSPS) is 14.9. The van der Waals surface area contributed by atoms with Gasteiger partial charge in [0.05, 0.1) is 18.9 Å². The van der Waals surface area contributed by atoms with Crippen molar-refractivity contribution >= 4 is 28.3 Å². The molecule has 0 radical (unpaired) electrons. The first-order chi connectivity index (χ1) is 13.2. The van der Waals surface area contributed by atoms with Crippen LogP contribution < -0.4 is 4.90 Å². The number of carbonyl (C=O) groups is 1. The molecule has 27 heavy (non-hydrogen) atoms. The van der Waals surface area contributed by atoms with Crippen molar-refractivity contribution in [1.29, 1.82) is 0 Å². The van der Waals surface area contributed by atoms with Gasteiger partial charge in [0.15, 0.2) is 11.3 Å². The van der Waals surface area contributed by atoms with E-state index in [4.69, 9.17) is 9.72 Å². The molecule has 8 nitrogen and oxygen atoms in total. The summed E-state index contributed by atoms with van der Waals surface area (Å²) in [6.07, 6.45) is 1.90. The Morgan fingerprint density at radius 2 is 2.04 bits per heavy atom. The van der Waals surface area contributed by atoms with Gasteiger partial charge >= 0.3 is 5.97 Å². The molecule has 3 aromatic heterocycles. The predicted octanol–water partition coefficient (Wildman–Crippen LogP) is 2.41. The topological polar surface area (TPSA) is 95.7 Å². The van der Waals surface area contributed by atoms with Gasteiger partial charge in [-0.25, -0.2) is 9.78 Å². The van der Waals surface area contributed by atoms with Crippen LogP contribution in [0.1, 0.15) is 10.5 Å². The number of carboxylic acids is 1. The number of nitrogens with zero attached hydrogens (tertiary/aromatic N) is 4. The van der Waals surface area contributed by atoms with Crippen LogP contribution in [0.15, 0.2) is 42.6 Å². The quantitative estimate of drug-likeness (QED) is 0.580. The zero-order valence-corrected chi connectivity index (χ0v) is 14.4. The van der Waals surface area contributed by atoms with Crippen LogP contribution in [-0.4, -0.2) is 57.0 Å². The molecule has 1 fully saturated rings. The summed E-state index contributed by atoms with van der Waals surface area (Å²) in [4.78, 5) is 21.5. The van der Waals surface area contributed by atoms with Crippen molar-refractivity contribution < 1.29 is 14.6 Å². The van der Waals surface area contributed by atoms with Crippen LogP contribution in [0.5, 0.6) is 0 Å². The number of rotatable bonds is 3. The number of morpholine rings is 1. The van der Waals surface area contributed by atoms with Crippen LogP contribution in [0.4, 0.5) is 5.82 Å². The third-order valence-corrected chi connectivity index (χ3v) is 4.83. The van der Waals surface area contributed by atoms with Crippen molar-refractivity contribution in [1.82, 2.24) is 19.6 Å². The SMILES string of the molecule is O=C(O)c1cc2nc(-c3cccc4[nH]ccc34)cc(N3CCOCC3)n2n1. The van der Waals surface area contributed by atoms with Gasteiger partial charge in [-0.2, -0.15) is 9.61 Å². The fourth-order valence-electron chi connectivity index (χ4n) is 3.53. The molecule has 0 amide bonds. The van der Waals surface area contributed by atoms with E-state index < -0.39 is 5.97 Å². The highest BCUT2D eigenvalue weighted by molar-refractivity contribution is 5.95. The molecule has 1 aliphatic heterocycles. The highest BCUT2D eigenvalue weighted by Gasteiger charge is 2.20. The number of aromatic amines is 1. The highest BCUT2D eigenvalue weighted by atomic mass is 16.5. The molecule has 1 aromatic carbocycles. The lowest BCUT2D eigenvalue weighted by Gasteiger charge is -2.29. The molecule has 2 N–H and O–H groups in total. The second-order valence-electron chi connectivity index (χ2n) is 6.45. The molecule has 0 atom stereocenters. The van der Waals surface area contributed by atoms with E-state index >= 15 is 0 Å². The van der Waals surface area contributed by atoms with Crippen molar-refractivity contribution in [2.24, 2.45) is 0 Å². The van der Waals surface area contributed by atoms with E-state index in [1.54, 1.807) is 4.52 Å². The lowest BCUT2D eigenvalue weighted by molar-refractivity contribution is 0.0690. The van der Waals surface area contributed by atoms with Gasteiger partial charge in [-0.3, -0.25) is 0 Å². The molecule has 0 aliphatic carbocycles. The first-order valence-electron chi connectivity index (χ1n) is 8.74. The first kappa shape index (κ1) is 15.8. The van der Waals surface area contributed by atoms with E-state index in [1.807, 2.05) is 36.5 Å². The monoisotopic (exact) mass is 363 g/mol. The van der Waals surface area contributed by atoms with Gasteiger partial charge in [0, 0.05) is 47.9 Å². The molecule has 4 heterocycles. The summed E-state index contributed by atoms with van der Waals surface area (Å²) < 4.78 is 7.06. The minimum atomic E-state index is -1.07. The number of benzene rings is 1. The minimum absolute atomic E-state index is 0.0194. The summed E-state index contributed by atoms with van der Waals surface area (Å²) in [7, 11) is 0. The number of nitrogens with one attached hydrogen (secondary N) is 1. The Balaban J connectivity index is 1.75. The second-order valence-corrected chi connectivity index (χ2v) is 6.45. The average molecular weight is 363 g/mol. The number of anilines is 1. The largest absolute Gasteiger partial charge is 0.476 e. The lowest BCUT2D eigenvalue weighted by atomic mass is 10.1. The average Bonchev–Trinajstić information content (AvgIpc) is 3.34. The molecule has 8 heteroatoms. The van der Waals surface area contributed by atoms with Gasteiger partial charge in [-0.05, 0) is 12.1 Å². The van der Waals surface area contributed by atoms with Crippen molar-refractivity contribution in [3.63, 3.8) is 0 Å². The molecule has 0 unspecified atom stereocenters. The Kier molecular flexibility index (Phi) is 3.58. The van der Waals surface area contributed by atoms with Gasteiger partial charge in [-0.1, -0.05) is 12.1 Å². The highest BCUT2D eigenvalue weighted by Crippen LogP contribution is 2.30. The third-order valence-electron chi connectivity index (χ3n) is 4.83. The van der Waals surface area contributed by atoms with E-state index in [0.29, 0.717) is 18.9 Å². The zero-order chi connectivity index (χ0) is 18.4. The van der Waals surface area contributed by atoms with Gasteiger partial charge in [0.25, 0.3) is 0 Å². The van der Waals surface area contributed by atoms with Crippen LogP contribution in [0.2, 0.25) is 0 Å². The second kappa shape index (κ2) is 6.10.